The van der Waals surface area contributed by atoms with E-state index >= 15 is 0 Å². The van der Waals surface area contributed by atoms with Crippen LogP contribution in [0.3, 0.4) is 0 Å². The van der Waals surface area contributed by atoms with E-state index in [9.17, 15) is 14.9 Å². The van der Waals surface area contributed by atoms with Gasteiger partial charge in [0.25, 0.3) is 11.6 Å². The quantitative estimate of drug-likeness (QED) is 0.529. The van der Waals surface area contributed by atoms with Crippen LogP contribution in [0.15, 0.2) is 41.0 Å². The molecule has 1 aromatic carbocycles. The van der Waals surface area contributed by atoms with Gasteiger partial charge >= 0.3 is 0 Å². The molecule has 0 bridgehead atoms. The molecule has 2 rings (SSSR count). The van der Waals surface area contributed by atoms with E-state index < -0.39 is 10.8 Å². The molecule has 0 unspecified atom stereocenters. The number of halogens is 1. The van der Waals surface area contributed by atoms with Crippen molar-refractivity contribution in [1.29, 1.82) is 0 Å². The molecule has 0 aliphatic rings. The number of benzene rings is 1. The van der Waals surface area contributed by atoms with Gasteiger partial charge in [-0.15, -0.1) is 0 Å². The van der Waals surface area contributed by atoms with Crippen molar-refractivity contribution in [3.05, 3.63) is 62.4 Å². The van der Waals surface area contributed by atoms with Gasteiger partial charge in [0, 0.05) is 6.07 Å². The van der Waals surface area contributed by atoms with E-state index in [-0.39, 0.29) is 11.3 Å². The number of anilines is 1. The Morgan fingerprint density at radius 3 is 2.65 bits per heavy atom. The molecule has 1 heterocycles. The second kappa shape index (κ2) is 5.79. The molecule has 0 fully saturated rings. The zero-order valence-corrected chi connectivity index (χ0v) is 12.0. The molecule has 6 nitrogen and oxygen atoms in total. The molecule has 7 heteroatoms. The molecule has 1 N–H and O–H groups in total. The van der Waals surface area contributed by atoms with Gasteiger partial charge in [0.2, 0.25) is 0 Å². The topological polar surface area (TPSA) is 85.1 Å². The number of carbonyl (C=O) groups excluding carboxylic acids is 1. The summed E-state index contributed by atoms with van der Waals surface area (Å²) in [6.45, 7) is 1.74. The van der Waals surface area contributed by atoms with Crippen LogP contribution < -0.4 is 5.32 Å². The first-order valence-corrected chi connectivity index (χ1v) is 6.46. The Morgan fingerprint density at radius 1 is 1.30 bits per heavy atom. The second-order valence-electron chi connectivity index (χ2n) is 4.00. The van der Waals surface area contributed by atoms with Gasteiger partial charge in [0.1, 0.15) is 10.2 Å². The number of nitrogens with one attached hydrogen (secondary N) is 1. The zero-order valence-electron chi connectivity index (χ0n) is 10.5. The number of hydrogen-bond donors (Lipinski definition) is 1. The summed E-state index contributed by atoms with van der Waals surface area (Å²) in [6.07, 6.45) is 0. The zero-order chi connectivity index (χ0) is 14.7. The van der Waals surface area contributed by atoms with E-state index in [1.165, 1.54) is 18.2 Å². The molecule has 0 atom stereocenters. The van der Waals surface area contributed by atoms with Crippen molar-refractivity contribution < 1.29 is 9.72 Å². The largest absolute Gasteiger partial charge is 0.320 e. The minimum atomic E-state index is -0.582. The average molecular weight is 336 g/mol. The molecule has 20 heavy (non-hydrogen) atoms. The van der Waals surface area contributed by atoms with E-state index in [1.807, 2.05) is 0 Å². The predicted molar refractivity (Wildman–Crippen MR) is 77.7 cm³/mol. The van der Waals surface area contributed by atoms with Gasteiger partial charge in [-0.05, 0) is 41.1 Å². The van der Waals surface area contributed by atoms with Crippen molar-refractivity contribution in [1.82, 2.24) is 4.98 Å². The monoisotopic (exact) mass is 335 g/mol. The molecule has 0 saturated carbocycles. The van der Waals surface area contributed by atoms with Crippen LogP contribution in [0, 0.1) is 17.0 Å². The number of pyridine rings is 1. The molecular weight excluding hydrogens is 326 g/mol. The number of para-hydroxylation sites is 1. The summed E-state index contributed by atoms with van der Waals surface area (Å²) < 4.78 is 0.652. The Kier molecular flexibility index (Phi) is 4.09. The number of nitro benzene ring substituents is 1. The highest BCUT2D eigenvalue weighted by Gasteiger charge is 2.19. The number of hydrogen-bond acceptors (Lipinski definition) is 4. The average Bonchev–Trinajstić information content (AvgIpc) is 2.41. The number of amides is 1. The highest BCUT2D eigenvalue weighted by atomic mass is 79.9. The third kappa shape index (κ3) is 3.00. The summed E-state index contributed by atoms with van der Waals surface area (Å²) in [7, 11) is 0. The molecule has 0 radical (unpaired) electrons. The maximum absolute atomic E-state index is 12.1. The Bertz CT molecular complexity index is 688. The van der Waals surface area contributed by atoms with E-state index in [0.29, 0.717) is 16.0 Å². The van der Waals surface area contributed by atoms with E-state index in [2.05, 4.69) is 26.2 Å². The minimum Gasteiger partial charge on any atom is -0.320 e. The fraction of sp³-hybridized carbons (Fsp3) is 0.0769. The Balaban J connectivity index is 2.31. The summed E-state index contributed by atoms with van der Waals surface area (Å²) >= 11 is 3.22. The van der Waals surface area contributed by atoms with Crippen molar-refractivity contribution in [2.24, 2.45) is 0 Å². The number of rotatable bonds is 3. The van der Waals surface area contributed by atoms with E-state index in [1.54, 1.807) is 25.1 Å². The summed E-state index contributed by atoms with van der Waals surface area (Å²) in [5.74, 6) is -0.537. The molecule has 102 valence electrons. The molecule has 1 amide bonds. The summed E-state index contributed by atoms with van der Waals surface area (Å²) in [4.78, 5) is 26.6. The Labute approximate surface area is 123 Å². The normalized spacial score (nSPS) is 10.1. The summed E-state index contributed by atoms with van der Waals surface area (Å²) in [5, 5.41) is 13.5. The summed E-state index contributed by atoms with van der Waals surface area (Å²) in [5.41, 5.74) is 0.912. The van der Waals surface area contributed by atoms with Crippen LogP contribution in [0.4, 0.5) is 11.4 Å². The molecular formula is C13H10BrN3O3. The van der Waals surface area contributed by atoms with Gasteiger partial charge in [-0.3, -0.25) is 14.9 Å². The molecule has 2 aromatic rings. The maximum atomic E-state index is 12.1. The fourth-order valence-corrected chi connectivity index (χ4v) is 2.08. The SMILES string of the molecule is Cc1nc(Br)ccc1NC(=O)c1ccccc1[N+](=O)[O-]. The molecule has 0 spiro atoms. The maximum Gasteiger partial charge on any atom is 0.282 e. The Morgan fingerprint density at radius 2 is 2.00 bits per heavy atom. The Hall–Kier alpha value is -2.28. The third-order valence-corrected chi connectivity index (χ3v) is 3.09. The first kappa shape index (κ1) is 14.1. The lowest BCUT2D eigenvalue weighted by atomic mass is 10.1. The first-order valence-electron chi connectivity index (χ1n) is 5.67. The van der Waals surface area contributed by atoms with Gasteiger partial charge in [0.15, 0.2) is 0 Å². The first-order chi connectivity index (χ1) is 9.49. The van der Waals surface area contributed by atoms with Gasteiger partial charge in [-0.25, -0.2) is 4.98 Å². The number of nitrogens with zero attached hydrogens (tertiary/aromatic N) is 2. The molecule has 0 saturated heterocycles. The minimum absolute atomic E-state index is 0.0137. The highest BCUT2D eigenvalue weighted by Crippen LogP contribution is 2.21. The van der Waals surface area contributed by atoms with Crippen molar-refractivity contribution >= 4 is 33.2 Å². The van der Waals surface area contributed by atoms with Crippen LogP contribution in [0.2, 0.25) is 0 Å². The van der Waals surface area contributed by atoms with Crippen LogP contribution in [0.5, 0.6) is 0 Å². The van der Waals surface area contributed by atoms with Crippen LogP contribution in [-0.4, -0.2) is 15.8 Å². The second-order valence-corrected chi connectivity index (χ2v) is 4.81. The van der Waals surface area contributed by atoms with E-state index in [0.717, 1.165) is 0 Å². The van der Waals surface area contributed by atoms with Crippen molar-refractivity contribution in [2.45, 2.75) is 6.92 Å². The number of aryl methyl sites for hydroxylation is 1. The van der Waals surface area contributed by atoms with Gasteiger partial charge in [-0.1, -0.05) is 12.1 Å². The smallest absolute Gasteiger partial charge is 0.282 e. The van der Waals surface area contributed by atoms with Crippen molar-refractivity contribution in [3.63, 3.8) is 0 Å². The van der Waals surface area contributed by atoms with Crippen LogP contribution in [0.25, 0.3) is 0 Å². The van der Waals surface area contributed by atoms with Crippen LogP contribution >= 0.6 is 15.9 Å². The fourth-order valence-electron chi connectivity index (χ4n) is 1.68. The number of aromatic nitrogens is 1. The van der Waals surface area contributed by atoms with E-state index in [4.69, 9.17) is 0 Å². The van der Waals surface area contributed by atoms with Gasteiger partial charge in [-0.2, -0.15) is 0 Å². The molecule has 0 aliphatic heterocycles. The summed E-state index contributed by atoms with van der Waals surface area (Å²) in [6, 6.07) is 9.16. The van der Waals surface area contributed by atoms with Crippen molar-refractivity contribution in [2.75, 3.05) is 5.32 Å². The van der Waals surface area contributed by atoms with Crippen LogP contribution in [0.1, 0.15) is 16.1 Å². The molecule has 0 aliphatic carbocycles. The number of nitro groups is 1. The standard InChI is InChI=1S/C13H10BrN3O3/c1-8-10(6-7-12(14)15-8)16-13(18)9-4-2-3-5-11(9)17(19)20/h2-7H,1H3,(H,16,18). The van der Waals surface area contributed by atoms with Gasteiger partial charge < -0.3 is 5.32 Å². The van der Waals surface area contributed by atoms with Gasteiger partial charge in [0.05, 0.1) is 16.3 Å². The highest BCUT2D eigenvalue weighted by molar-refractivity contribution is 9.10. The molecule has 1 aromatic heterocycles. The van der Waals surface area contributed by atoms with Crippen LogP contribution in [-0.2, 0) is 0 Å². The lowest BCUT2D eigenvalue weighted by Gasteiger charge is -2.08. The third-order valence-electron chi connectivity index (χ3n) is 2.65. The van der Waals surface area contributed by atoms with Crippen molar-refractivity contribution in [3.8, 4) is 0 Å². The lowest BCUT2D eigenvalue weighted by molar-refractivity contribution is -0.385. The lowest BCUT2D eigenvalue weighted by Crippen LogP contribution is -2.15. The predicted octanol–water partition coefficient (Wildman–Crippen LogP) is 3.31. The number of carbonyl (C=O) groups is 1.